The van der Waals surface area contributed by atoms with Crippen molar-refractivity contribution in [2.75, 3.05) is 6.54 Å². The molecule has 1 atom stereocenters. The zero-order valence-corrected chi connectivity index (χ0v) is 7.76. The Balaban J connectivity index is 3.75. The lowest BCUT2D eigenvalue weighted by atomic mass is 10.2. The highest BCUT2D eigenvalue weighted by atomic mass is 16.6. The molecule has 5 N–H and O–H groups in total. The van der Waals surface area contributed by atoms with Gasteiger partial charge >= 0.3 is 6.09 Å². The molecule has 0 aliphatic carbocycles. The molecule has 5 heteroatoms. The molecule has 0 aromatic rings. The molecule has 72 valence electrons. The van der Waals surface area contributed by atoms with Crippen LogP contribution in [0, 0.1) is 0 Å². The van der Waals surface area contributed by atoms with Crippen molar-refractivity contribution in [2.45, 2.75) is 32.5 Å². The highest BCUT2D eigenvalue weighted by molar-refractivity contribution is 5.67. The van der Waals surface area contributed by atoms with E-state index in [0.29, 0.717) is 0 Å². The predicted molar refractivity (Wildman–Crippen MR) is 46.4 cm³/mol. The molecular weight excluding hydrogens is 158 g/mol. The average Bonchev–Trinajstić information content (AvgIpc) is 1.82. The van der Waals surface area contributed by atoms with Crippen LogP contribution in [0.1, 0.15) is 20.8 Å². The number of alkyl carbamates (subject to hydrolysis) is 1. The van der Waals surface area contributed by atoms with E-state index in [9.17, 15) is 4.79 Å². The summed E-state index contributed by atoms with van der Waals surface area (Å²) in [5.74, 6) is 0. The molecule has 0 aliphatic heterocycles. The maximum atomic E-state index is 11.0. The molecule has 0 aliphatic rings. The van der Waals surface area contributed by atoms with Crippen molar-refractivity contribution in [3.05, 3.63) is 0 Å². The average molecular weight is 175 g/mol. The largest absolute Gasteiger partial charge is 0.444 e. The van der Waals surface area contributed by atoms with Crippen molar-refractivity contribution in [1.29, 1.82) is 0 Å². The Morgan fingerprint density at radius 3 is 2.42 bits per heavy atom. The first-order valence-corrected chi connectivity index (χ1v) is 3.80. The summed E-state index contributed by atoms with van der Waals surface area (Å²) in [5, 5.41) is 2.38. The van der Waals surface area contributed by atoms with Gasteiger partial charge in [0.2, 0.25) is 0 Å². The van der Waals surface area contributed by atoms with Gasteiger partial charge in [-0.2, -0.15) is 0 Å². The second-order valence-electron chi connectivity index (χ2n) is 3.49. The van der Waals surface area contributed by atoms with Gasteiger partial charge in [0.1, 0.15) is 5.60 Å². The number of carbonyl (C=O) groups is 1. The first-order chi connectivity index (χ1) is 5.35. The van der Waals surface area contributed by atoms with Gasteiger partial charge < -0.3 is 21.5 Å². The van der Waals surface area contributed by atoms with Gasteiger partial charge in [-0.1, -0.05) is 0 Å². The molecule has 0 aromatic carbocycles. The molecule has 0 radical (unpaired) electrons. The fourth-order valence-corrected chi connectivity index (χ4v) is 0.518. The monoisotopic (exact) mass is 175 g/mol. The summed E-state index contributed by atoms with van der Waals surface area (Å²) in [4.78, 5) is 11.0. The molecule has 0 saturated carbocycles. The molecule has 0 spiro atoms. The van der Waals surface area contributed by atoms with Crippen LogP contribution in [-0.4, -0.2) is 24.4 Å². The number of ether oxygens (including phenoxy) is 1. The summed E-state index contributed by atoms with van der Waals surface area (Å²) >= 11 is 0. The Morgan fingerprint density at radius 1 is 1.58 bits per heavy atom. The highest BCUT2D eigenvalue weighted by Crippen LogP contribution is 2.06. The minimum atomic E-state index is -0.542. The van der Waals surface area contributed by atoms with Crippen LogP contribution in [0.5, 0.6) is 0 Å². The second-order valence-corrected chi connectivity index (χ2v) is 3.49. The van der Waals surface area contributed by atoms with Crippen molar-refractivity contribution >= 4 is 6.09 Å². The number of nitrogens with two attached hydrogens (primary N) is 2. The number of nitrogens with one attached hydrogen (secondary N) is 1. The van der Waals surface area contributed by atoms with E-state index in [4.69, 9.17) is 16.2 Å². The van der Waals surface area contributed by atoms with Gasteiger partial charge in [0.05, 0.1) is 6.17 Å². The van der Waals surface area contributed by atoms with Crippen LogP contribution in [0.3, 0.4) is 0 Å². The predicted octanol–water partition coefficient (Wildman–Crippen LogP) is -0.245. The number of rotatable bonds is 2. The molecule has 0 heterocycles. The van der Waals surface area contributed by atoms with E-state index in [0.717, 1.165) is 0 Å². The molecule has 5 nitrogen and oxygen atoms in total. The third-order valence-electron chi connectivity index (χ3n) is 0.956. The standard InChI is InChI=1S/C7H17N3O2/c1-7(2,3)12-6(11)10-5(9)4-8/h5H,4,8-9H2,1-3H3,(H,10,11). The summed E-state index contributed by atoms with van der Waals surface area (Å²) in [5.41, 5.74) is 10.0. The van der Waals surface area contributed by atoms with E-state index >= 15 is 0 Å². The third-order valence-corrected chi connectivity index (χ3v) is 0.956. The SMILES string of the molecule is CC(C)(C)OC(=O)NC(N)CN. The van der Waals surface area contributed by atoms with Crippen LogP contribution < -0.4 is 16.8 Å². The zero-order valence-electron chi connectivity index (χ0n) is 7.76. The summed E-state index contributed by atoms with van der Waals surface area (Å²) < 4.78 is 4.92. The molecule has 0 rings (SSSR count). The normalized spacial score (nSPS) is 13.8. The van der Waals surface area contributed by atoms with Crippen molar-refractivity contribution in [1.82, 2.24) is 5.32 Å². The number of hydrogen-bond donors (Lipinski definition) is 3. The van der Waals surface area contributed by atoms with Gasteiger partial charge in [-0.05, 0) is 20.8 Å². The van der Waals surface area contributed by atoms with Gasteiger partial charge in [0.15, 0.2) is 0 Å². The van der Waals surface area contributed by atoms with Crippen LogP contribution in [0.2, 0.25) is 0 Å². The molecule has 0 fully saturated rings. The Hall–Kier alpha value is -0.810. The maximum Gasteiger partial charge on any atom is 0.408 e. The van der Waals surface area contributed by atoms with Crippen molar-refractivity contribution in [2.24, 2.45) is 11.5 Å². The van der Waals surface area contributed by atoms with E-state index in [2.05, 4.69) is 5.32 Å². The van der Waals surface area contributed by atoms with Crippen LogP contribution >= 0.6 is 0 Å². The lowest BCUT2D eigenvalue weighted by molar-refractivity contribution is 0.0507. The first kappa shape index (κ1) is 11.2. The second kappa shape index (κ2) is 4.27. The lowest BCUT2D eigenvalue weighted by Gasteiger charge is -2.21. The van der Waals surface area contributed by atoms with E-state index in [1.54, 1.807) is 20.8 Å². The molecular formula is C7H17N3O2. The van der Waals surface area contributed by atoms with Crippen LogP contribution in [0.15, 0.2) is 0 Å². The van der Waals surface area contributed by atoms with Gasteiger partial charge in [0, 0.05) is 6.54 Å². The zero-order chi connectivity index (χ0) is 9.78. The van der Waals surface area contributed by atoms with Crippen molar-refractivity contribution in [3.63, 3.8) is 0 Å². The molecule has 12 heavy (non-hydrogen) atoms. The Morgan fingerprint density at radius 2 is 2.08 bits per heavy atom. The third kappa shape index (κ3) is 5.94. The van der Waals surface area contributed by atoms with Crippen LogP contribution in [-0.2, 0) is 4.74 Å². The molecule has 1 unspecified atom stereocenters. The first-order valence-electron chi connectivity index (χ1n) is 3.80. The fraction of sp³-hybridized carbons (Fsp3) is 0.857. The Bertz CT molecular complexity index is 153. The molecule has 1 amide bonds. The summed E-state index contributed by atoms with van der Waals surface area (Å²) in [7, 11) is 0. The van der Waals surface area contributed by atoms with E-state index in [1.807, 2.05) is 0 Å². The van der Waals surface area contributed by atoms with Gasteiger partial charge in [-0.3, -0.25) is 0 Å². The smallest absolute Gasteiger partial charge is 0.408 e. The number of carbonyl (C=O) groups excluding carboxylic acids is 1. The summed E-state index contributed by atoms with van der Waals surface area (Å²) in [6, 6.07) is 0. The minimum absolute atomic E-state index is 0.194. The van der Waals surface area contributed by atoms with Gasteiger partial charge in [-0.25, -0.2) is 4.79 Å². The van der Waals surface area contributed by atoms with E-state index in [1.165, 1.54) is 0 Å². The van der Waals surface area contributed by atoms with E-state index in [-0.39, 0.29) is 6.54 Å². The quantitative estimate of drug-likeness (QED) is 0.505. The summed E-state index contributed by atoms with van der Waals surface area (Å²) in [6.07, 6.45) is -1.08. The molecule has 0 bridgehead atoms. The van der Waals surface area contributed by atoms with Crippen LogP contribution in [0.4, 0.5) is 4.79 Å². The molecule has 0 aromatic heterocycles. The number of hydrogen-bond acceptors (Lipinski definition) is 4. The lowest BCUT2D eigenvalue weighted by Crippen LogP contribution is -2.48. The topological polar surface area (TPSA) is 90.4 Å². The minimum Gasteiger partial charge on any atom is -0.444 e. The fourth-order valence-electron chi connectivity index (χ4n) is 0.518. The van der Waals surface area contributed by atoms with E-state index < -0.39 is 17.9 Å². The van der Waals surface area contributed by atoms with Crippen LogP contribution in [0.25, 0.3) is 0 Å². The molecule has 0 saturated heterocycles. The number of amides is 1. The van der Waals surface area contributed by atoms with Gasteiger partial charge in [-0.15, -0.1) is 0 Å². The Kier molecular flexibility index (Phi) is 3.99. The van der Waals surface area contributed by atoms with Crippen molar-refractivity contribution < 1.29 is 9.53 Å². The maximum absolute atomic E-state index is 11.0. The van der Waals surface area contributed by atoms with Gasteiger partial charge in [0.25, 0.3) is 0 Å². The Labute approximate surface area is 72.4 Å². The van der Waals surface area contributed by atoms with Crippen molar-refractivity contribution in [3.8, 4) is 0 Å². The highest BCUT2D eigenvalue weighted by Gasteiger charge is 2.16. The summed E-state index contributed by atoms with van der Waals surface area (Å²) in [6.45, 7) is 5.53.